The molecule has 2 fully saturated rings. The van der Waals surface area contributed by atoms with Crippen molar-refractivity contribution < 1.29 is 0 Å². The van der Waals surface area contributed by atoms with Crippen LogP contribution in [0.25, 0.3) is 0 Å². The molecule has 0 radical (unpaired) electrons. The molecule has 2 heteroatoms. The Morgan fingerprint density at radius 3 is 2.00 bits per heavy atom. The minimum Gasteiger partial charge on any atom is -0.330 e. The van der Waals surface area contributed by atoms with Crippen LogP contribution in [0.1, 0.15) is 71.6 Å². The van der Waals surface area contributed by atoms with Crippen molar-refractivity contribution in [3.05, 3.63) is 0 Å². The van der Waals surface area contributed by atoms with Gasteiger partial charge in [-0.3, -0.25) is 0 Å². The maximum Gasteiger partial charge on any atom is 0.00503 e. The molecular weight excluding hydrogens is 232 g/mol. The van der Waals surface area contributed by atoms with Gasteiger partial charge < -0.3 is 10.6 Å². The average molecular weight is 266 g/mol. The van der Waals surface area contributed by atoms with Crippen molar-refractivity contribution in [2.24, 2.45) is 16.6 Å². The van der Waals surface area contributed by atoms with Gasteiger partial charge in [-0.1, -0.05) is 39.5 Å². The fourth-order valence-corrected chi connectivity index (χ4v) is 4.37. The van der Waals surface area contributed by atoms with Crippen LogP contribution in [0.4, 0.5) is 0 Å². The molecule has 0 atom stereocenters. The summed E-state index contributed by atoms with van der Waals surface area (Å²) >= 11 is 0. The van der Waals surface area contributed by atoms with Crippen molar-refractivity contribution in [2.45, 2.75) is 71.6 Å². The Bertz CT molecular complexity index is 262. The normalized spacial score (nSPS) is 27.3. The Balaban J connectivity index is 1.95. The molecule has 0 aromatic rings. The van der Waals surface area contributed by atoms with Crippen LogP contribution in [0.15, 0.2) is 0 Å². The second-order valence-corrected chi connectivity index (χ2v) is 7.29. The van der Waals surface area contributed by atoms with Crippen LogP contribution in [-0.4, -0.2) is 31.1 Å². The lowest BCUT2D eigenvalue weighted by Gasteiger charge is -2.36. The number of nitrogens with two attached hydrogens (primary N) is 1. The molecule has 0 spiro atoms. The largest absolute Gasteiger partial charge is 0.330 e. The molecule has 1 aliphatic heterocycles. The Hall–Kier alpha value is -0.0800. The summed E-state index contributed by atoms with van der Waals surface area (Å²) in [6, 6.07) is 0. The van der Waals surface area contributed by atoms with E-state index in [9.17, 15) is 0 Å². The van der Waals surface area contributed by atoms with E-state index in [1.165, 1.54) is 77.4 Å². The van der Waals surface area contributed by atoms with E-state index < -0.39 is 0 Å². The van der Waals surface area contributed by atoms with Gasteiger partial charge in [0.2, 0.25) is 0 Å². The number of rotatable bonds is 5. The summed E-state index contributed by atoms with van der Waals surface area (Å²) in [6.07, 6.45) is 12.5. The molecule has 0 aromatic carbocycles. The highest BCUT2D eigenvalue weighted by atomic mass is 15.2. The fraction of sp³-hybridized carbons (Fsp3) is 1.00. The smallest absolute Gasteiger partial charge is 0.00503 e. The maximum atomic E-state index is 6.19. The molecule has 0 aromatic heterocycles. The Kier molecular flexibility index (Phi) is 5.30. The van der Waals surface area contributed by atoms with E-state index in [-0.39, 0.29) is 0 Å². The van der Waals surface area contributed by atoms with Crippen LogP contribution in [-0.2, 0) is 0 Å². The van der Waals surface area contributed by atoms with Crippen LogP contribution in [0, 0.1) is 10.8 Å². The lowest BCUT2D eigenvalue weighted by Crippen LogP contribution is -2.42. The van der Waals surface area contributed by atoms with Gasteiger partial charge in [-0.25, -0.2) is 0 Å². The van der Waals surface area contributed by atoms with Crippen molar-refractivity contribution >= 4 is 0 Å². The van der Waals surface area contributed by atoms with Gasteiger partial charge in [0, 0.05) is 13.1 Å². The fourth-order valence-electron chi connectivity index (χ4n) is 4.37. The molecule has 0 bridgehead atoms. The topological polar surface area (TPSA) is 29.3 Å². The molecule has 1 saturated heterocycles. The number of hydrogen-bond acceptors (Lipinski definition) is 2. The monoisotopic (exact) mass is 266 g/mol. The van der Waals surface area contributed by atoms with E-state index in [1.807, 2.05) is 0 Å². The minimum atomic E-state index is 0.439. The second-order valence-electron chi connectivity index (χ2n) is 7.29. The van der Waals surface area contributed by atoms with E-state index in [4.69, 9.17) is 5.73 Å². The summed E-state index contributed by atoms with van der Waals surface area (Å²) in [4.78, 5) is 2.74. The van der Waals surface area contributed by atoms with Crippen LogP contribution in [0.3, 0.4) is 0 Å². The van der Waals surface area contributed by atoms with Gasteiger partial charge in [0.25, 0.3) is 0 Å². The zero-order chi connectivity index (χ0) is 13.8. The van der Waals surface area contributed by atoms with Gasteiger partial charge in [-0.2, -0.15) is 0 Å². The predicted octanol–water partition coefficient (Wildman–Crippen LogP) is 3.80. The first-order valence-electron chi connectivity index (χ1n) is 8.60. The molecule has 0 amide bonds. The predicted molar refractivity (Wildman–Crippen MR) is 83.3 cm³/mol. The Morgan fingerprint density at radius 1 is 0.895 bits per heavy atom. The first kappa shape index (κ1) is 15.3. The standard InChI is InChI=1S/C17H34N2/c1-3-16(4-2)11-12-19(14-16)15-17(13-18)9-7-5-6-8-10-17/h3-15,18H2,1-2H3. The molecule has 19 heavy (non-hydrogen) atoms. The van der Waals surface area contributed by atoms with Crippen LogP contribution in [0.5, 0.6) is 0 Å². The third-order valence-electron chi connectivity index (χ3n) is 6.17. The molecule has 2 nitrogen and oxygen atoms in total. The van der Waals surface area contributed by atoms with Gasteiger partial charge in [0.15, 0.2) is 0 Å². The van der Waals surface area contributed by atoms with E-state index >= 15 is 0 Å². The second kappa shape index (κ2) is 6.58. The summed E-state index contributed by atoms with van der Waals surface area (Å²) in [5, 5.41) is 0. The van der Waals surface area contributed by atoms with Crippen molar-refractivity contribution in [1.82, 2.24) is 4.90 Å². The molecule has 1 saturated carbocycles. The molecular formula is C17H34N2. The van der Waals surface area contributed by atoms with Gasteiger partial charge in [-0.05, 0) is 56.0 Å². The summed E-state index contributed by atoms with van der Waals surface area (Å²) in [5.74, 6) is 0. The van der Waals surface area contributed by atoms with E-state index in [2.05, 4.69) is 18.7 Å². The van der Waals surface area contributed by atoms with E-state index in [0.29, 0.717) is 10.8 Å². The van der Waals surface area contributed by atoms with Crippen molar-refractivity contribution in [3.8, 4) is 0 Å². The molecule has 2 N–H and O–H groups in total. The van der Waals surface area contributed by atoms with Gasteiger partial charge in [0.1, 0.15) is 0 Å². The lowest BCUT2D eigenvalue weighted by atomic mass is 9.79. The highest BCUT2D eigenvalue weighted by Crippen LogP contribution is 2.41. The minimum absolute atomic E-state index is 0.439. The third kappa shape index (κ3) is 3.52. The Morgan fingerprint density at radius 2 is 1.53 bits per heavy atom. The molecule has 1 aliphatic carbocycles. The molecule has 112 valence electrons. The van der Waals surface area contributed by atoms with E-state index in [1.54, 1.807) is 0 Å². The average Bonchev–Trinajstić information content (AvgIpc) is 2.71. The third-order valence-corrected chi connectivity index (χ3v) is 6.17. The summed E-state index contributed by atoms with van der Waals surface area (Å²) in [5.41, 5.74) is 7.24. The summed E-state index contributed by atoms with van der Waals surface area (Å²) in [7, 11) is 0. The molecule has 2 aliphatic rings. The van der Waals surface area contributed by atoms with Gasteiger partial charge in [-0.15, -0.1) is 0 Å². The molecule has 1 heterocycles. The van der Waals surface area contributed by atoms with Crippen molar-refractivity contribution in [2.75, 3.05) is 26.2 Å². The first-order valence-corrected chi connectivity index (χ1v) is 8.60. The highest BCUT2D eigenvalue weighted by molar-refractivity contribution is 4.93. The summed E-state index contributed by atoms with van der Waals surface area (Å²) < 4.78 is 0. The van der Waals surface area contributed by atoms with Gasteiger partial charge in [0.05, 0.1) is 0 Å². The molecule has 2 rings (SSSR count). The molecule has 0 unspecified atom stereocenters. The lowest BCUT2D eigenvalue weighted by molar-refractivity contribution is 0.140. The van der Waals surface area contributed by atoms with Gasteiger partial charge >= 0.3 is 0 Å². The van der Waals surface area contributed by atoms with Crippen molar-refractivity contribution in [3.63, 3.8) is 0 Å². The zero-order valence-corrected chi connectivity index (χ0v) is 13.2. The number of hydrogen-bond donors (Lipinski definition) is 1. The van der Waals surface area contributed by atoms with Crippen LogP contribution >= 0.6 is 0 Å². The van der Waals surface area contributed by atoms with Crippen LogP contribution < -0.4 is 5.73 Å². The number of likely N-dealkylation sites (tertiary alicyclic amines) is 1. The Labute approximate surface area is 120 Å². The van der Waals surface area contributed by atoms with Crippen molar-refractivity contribution in [1.29, 1.82) is 0 Å². The highest BCUT2D eigenvalue weighted by Gasteiger charge is 2.39. The number of nitrogens with zero attached hydrogens (tertiary/aromatic N) is 1. The SMILES string of the molecule is CCC1(CC)CCN(CC2(CN)CCCCCC2)C1. The zero-order valence-electron chi connectivity index (χ0n) is 13.2. The van der Waals surface area contributed by atoms with E-state index in [0.717, 1.165) is 6.54 Å². The first-order chi connectivity index (χ1) is 9.17. The van der Waals surface area contributed by atoms with Crippen LogP contribution in [0.2, 0.25) is 0 Å². The summed E-state index contributed by atoms with van der Waals surface area (Å²) in [6.45, 7) is 9.54. The maximum absolute atomic E-state index is 6.19. The quantitative estimate of drug-likeness (QED) is 0.767.